The zero-order chi connectivity index (χ0) is 15.1. The summed E-state index contributed by atoms with van der Waals surface area (Å²) in [5.41, 5.74) is 0.232. The molecule has 0 spiro atoms. The van der Waals surface area contributed by atoms with E-state index in [4.69, 9.17) is 25.8 Å². The van der Waals surface area contributed by atoms with Crippen molar-refractivity contribution in [2.75, 3.05) is 13.7 Å². The van der Waals surface area contributed by atoms with Crippen molar-refractivity contribution in [2.24, 2.45) is 0 Å². The van der Waals surface area contributed by atoms with E-state index in [0.29, 0.717) is 11.5 Å². The number of carbonyl (C=O) groups excluding carboxylic acids is 2. The van der Waals surface area contributed by atoms with Gasteiger partial charge in [-0.25, -0.2) is 9.59 Å². The van der Waals surface area contributed by atoms with Crippen LogP contribution < -0.4 is 9.47 Å². The Bertz CT molecular complexity index is 512. The monoisotopic (exact) mass is 298 g/mol. The van der Waals surface area contributed by atoms with Gasteiger partial charge in [0.05, 0.1) is 7.11 Å². The first-order chi connectivity index (χ1) is 9.43. The minimum atomic E-state index is -1.09. The summed E-state index contributed by atoms with van der Waals surface area (Å²) in [6.45, 7) is 4.64. The van der Waals surface area contributed by atoms with Crippen LogP contribution in [0.4, 0.5) is 0 Å². The van der Waals surface area contributed by atoms with Crippen LogP contribution in [0, 0.1) is 0 Å². The molecular formula is C14H15ClO5. The fourth-order valence-electron chi connectivity index (χ4n) is 1.18. The Balaban J connectivity index is 2.52. The van der Waals surface area contributed by atoms with Gasteiger partial charge in [0.1, 0.15) is 18.1 Å². The first kappa shape index (κ1) is 16.0. The molecule has 0 aromatic heterocycles. The fourth-order valence-corrected chi connectivity index (χ4v) is 1.29. The lowest BCUT2D eigenvalue weighted by Crippen LogP contribution is -2.27. The molecule has 1 rings (SSSR count). The summed E-state index contributed by atoms with van der Waals surface area (Å²) in [5, 5.41) is -1.09. The predicted molar refractivity (Wildman–Crippen MR) is 74.0 cm³/mol. The third-order valence-electron chi connectivity index (χ3n) is 2.22. The Hall–Kier alpha value is -2.01. The molecule has 0 aliphatic carbocycles. The zero-order valence-corrected chi connectivity index (χ0v) is 12.0. The van der Waals surface area contributed by atoms with Crippen LogP contribution in [0.1, 0.15) is 6.92 Å². The number of hydrogen-bond acceptors (Lipinski definition) is 5. The molecule has 0 amide bonds. The minimum Gasteiger partial charge on any atom is -0.497 e. The van der Waals surface area contributed by atoms with E-state index in [1.165, 1.54) is 14.0 Å². The predicted octanol–water partition coefficient (Wildman–Crippen LogP) is 2.33. The molecule has 0 aliphatic heterocycles. The molecule has 6 heteroatoms. The number of methoxy groups -OCH3 is 1. The van der Waals surface area contributed by atoms with Gasteiger partial charge in [-0.05, 0) is 19.1 Å². The van der Waals surface area contributed by atoms with E-state index in [9.17, 15) is 9.59 Å². The molecule has 0 fully saturated rings. The van der Waals surface area contributed by atoms with Crippen LogP contribution in [0.3, 0.4) is 0 Å². The number of rotatable bonds is 6. The van der Waals surface area contributed by atoms with Gasteiger partial charge < -0.3 is 14.2 Å². The average molecular weight is 299 g/mol. The van der Waals surface area contributed by atoms with E-state index in [0.717, 1.165) is 0 Å². The Kier molecular flexibility index (Phi) is 6.06. The van der Waals surface area contributed by atoms with Gasteiger partial charge in [-0.15, -0.1) is 11.6 Å². The maximum Gasteiger partial charge on any atom is 0.333 e. The number of hydrogen-bond donors (Lipinski definition) is 0. The number of benzene rings is 1. The molecule has 0 N–H and O–H groups in total. The van der Waals surface area contributed by atoms with Crippen molar-refractivity contribution in [1.82, 2.24) is 0 Å². The quantitative estimate of drug-likeness (QED) is 0.349. The molecule has 108 valence electrons. The van der Waals surface area contributed by atoms with Gasteiger partial charge in [0.15, 0.2) is 5.38 Å². The van der Waals surface area contributed by atoms with E-state index in [1.807, 2.05) is 0 Å². The minimum absolute atomic E-state index is 0.232. The van der Waals surface area contributed by atoms with Gasteiger partial charge in [-0.2, -0.15) is 0 Å². The van der Waals surface area contributed by atoms with Crippen LogP contribution in [0.25, 0.3) is 0 Å². The van der Waals surface area contributed by atoms with Crippen LogP contribution in [0.15, 0.2) is 36.4 Å². The molecule has 0 heterocycles. The Morgan fingerprint density at radius 1 is 1.35 bits per heavy atom. The molecule has 0 saturated heterocycles. The molecule has 5 nitrogen and oxygen atoms in total. The molecular weight excluding hydrogens is 284 g/mol. The van der Waals surface area contributed by atoms with Gasteiger partial charge in [0.2, 0.25) is 0 Å². The van der Waals surface area contributed by atoms with E-state index in [1.54, 1.807) is 24.3 Å². The summed E-state index contributed by atoms with van der Waals surface area (Å²) >= 11 is 5.79. The SMILES string of the molecule is C=C(C)C(=O)OCC(Cl)C(=O)Oc1cccc(OC)c1. The number of halogens is 1. The lowest BCUT2D eigenvalue weighted by Gasteiger charge is -2.11. The molecule has 0 saturated carbocycles. The summed E-state index contributed by atoms with van der Waals surface area (Å²) in [5.74, 6) is -0.472. The van der Waals surface area contributed by atoms with Crippen LogP contribution in [0.2, 0.25) is 0 Å². The largest absolute Gasteiger partial charge is 0.497 e. The lowest BCUT2D eigenvalue weighted by molar-refractivity contribution is -0.141. The molecule has 1 atom stereocenters. The summed E-state index contributed by atoms with van der Waals surface area (Å²) in [4.78, 5) is 22.8. The summed E-state index contributed by atoms with van der Waals surface area (Å²) in [6.07, 6.45) is 0. The first-order valence-corrected chi connectivity index (χ1v) is 6.20. The van der Waals surface area contributed by atoms with Gasteiger partial charge in [0, 0.05) is 11.6 Å². The molecule has 1 aromatic rings. The van der Waals surface area contributed by atoms with E-state index in [2.05, 4.69) is 6.58 Å². The number of esters is 2. The van der Waals surface area contributed by atoms with Crippen molar-refractivity contribution in [3.05, 3.63) is 36.4 Å². The third-order valence-corrected chi connectivity index (χ3v) is 2.53. The van der Waals surface area contributed by atoms with E-state index in [-0.39, 0.29) is 12.2 Å². The van der Waals surface area contributed by atoms with Crippen LogP contribution in [0.5, 0.6) is 11.5 Å². The van der Waals surface area contributed by atoms with Crippen LogP contribution in [-0.2, 0) is 14.3 Å². The Morgan fingerprint density at radius 2 is 2.00 bits per heavy atom. The van der Waals surface area contributed by atoms with Gasteiger partial charge >= 0.3 is 11.9 Å². The highest BCUT2D eigenvalue weighted by Crippen LogP contribution is 2.19. The van der Waals surface area contributed by atoms with E-state index < -0.39 is 17.3 Å². The van der Waals surface area contributed by atoms with Crippen LogP contribution >= 0.6 is 11.6 Å². The van der Waals surface area contributed by atoms with Crippen molar-refractivity contribution in [3.63, 3.8) is 0 Å². The fraction of sp³-hybridized carbons (Fsp3) is 0.286. The smallest absolute Gasteiger partial charge is 0.333 e. The van der Waals surface area contributed by atoms with Gasteiger partial charge in [-0.1, -0.05) is 12.6 Å². The average Bonchev–Trinajstić information content (AvgIpc) is 2.44. The second-order valence-electron chi connectivity index (χ2n) is 3.95. The molecule has 0 bridgehead atoms. The zero-order valence-electron chi connectivity index (χ0n) is 11.2. The molecule has 20 heavy (non-hydrogen) atoms. The van der Waals surface area contributed by atoms with Crippen molar-refractivity contribution in [2.45, 2.75) is 12.3 Å². The standard InChI is InChI=1S/C14H15ClO5/c1-9(2)13(16)19-8-12(15)14(17)20-11-6-4-5-10(7-11)18-3/h4-7,12H,1,8H2,2-3H3. The second-order valence-corrected chi connectivity index (χ2v) is 4.47. The summed E-state index contributed by atoms with van der Waals surface area (Å²) in [7, 11) is 1.50. The molecule has 1 aromatic carbocycles. The number of ether oxygens (including phenoxy) is 3. The van der Waals surface area contributed by atoms with Gasteiger partial charge in [0.25, 0.3) is 0 Å². The molecule has 1 unspecified atom stereocenters. The topological polar surface area (TPSA) is 61.8 Å². The van der Waals surface area contributed by atoms with Crippen molar-refractivity contribution >= 4 is 23.5 Å². The number of alkyl halides is 1. The maximum atomic E-state index is 11.7. The third kappa shape index (κ3) is 4.93. The first-order valence-electron chi connectivity index (χ1n) is 5.76. The Labute approximate surface area is 122 Å². The van der Waals surface area contributed by atoms with Crippen LogP contribution in [-0.4, -0.2) is 31.0 Å². The van der Waals surface area contributed by atoms with Gasteiger partial charge in [-0.3, -0.25) is 0 Å². The highest BCUT2D eigenvalue weighted by Gasteiger charge is 2.20. The van der Waals surface area contributed by atoms with Crippen molar-refractivity contribution in [3.8, 4) is 11.5 Å². The Morgan fingerprint density at radius 3 is 2.60 bits per heavy atom. The molecule has 0 aliphatic rings. The van der Waals surface area contributed by atoms with E-state index >= 15 is 0 Å². The normalized spacial score (nSPS) is 11.3. The maximum absolute atomic E-state index is 11.7. The summed E-state index contributed by atoms with van der Waals surface area (Å²) in [6, 6.07) is 6.52. The lowest BCUT2D eigenvalue weighted by atomic mass is 10.3. The summed E-state index contributed by atoms with van der Waals surface area (Å²) < 4.78 is 14.8. The second kappa shape index (κ2) is 7.55. The highest BCUT2D eigenvalue weighted by atomic mass is 35.5. The molecule has 0 radical (unpaired) electrons. The van der Waals surface area contributed by atoms with Crippen molar-refractivity contribution < 1.29 is 23.8 Å². The van der Waals surface area contributed by atoms with Crippen molar-refractivity contribution in [1.29, 1.82) is 0 Å². The number of carbonyl (C=O) groups is 2. The highest BCUT2D eigenvalue weighted by molar-refractivity contribution is 6.30.